The van der Waals surface area contributed by atoms with Crippen molar-refractivity contribution < 1.29 is 4.42 Å². The molecule has 3 aromatic heterocycles. The van der Waals surface area contributed by atoms with Crippen LogP contribution < -0.4 is 0 Å². The van der Waals surface area contributed by atoms with Crippen LogP contribution in [-0.2, 0) is 6.54 Å². The second-order valence-corrected chi connectivity index (χ2v) is 13.1. The van der Waals surface area contributed by atoms with Crippen LogP contribution in [0.2, 0.25) is 0 Å². The van der Waals surface area contributed by atoms with Gasteiger partial charge in [-0.1, -0.05) is 103 Å². The predicted octanol–water partition coefficient (Wildman–Crippen LogP) is 11.7. The van der Waals surface area contributed by atoms with Gasteiger partial charge in [-0.25, -0.2) is 15.0 Å². The molecule has 0 aliphatic carbocycles. The van der Waals surface area contributed by atoms with Crippen LogP contribution in [0.3, 0.4) is 0 Å². The summed E-state index contributed by atoms with van der Waals surface area (Å²) in [6.45, 7) is 0.631. The predicted molar refractivity (Wildman–Crippen MR) is 198 cm³/mol. The van der Waals surface area contributed by atoms with Gasteiger partial charge in [-0.05, 0) is 47.5 Å². The van der Waals surface area contributed by atoms with Crippen molar-refractivity contribution in [3.8, 4) is 45.3 Å². The molecule has 0 amide bonds. The van der Waals surface area contributed by atoms with Crippen LogP contribution in [0.15, 0.2) is 138 Å². The molecule has 9 aromatic rings. The Morgan fingerprint density at radius 2 is 1.25 bits per heavy atom. The quantitative estimate of drug-likeness (QED) is 0.193. The Kier molecular flexibility index (Phi) is 6.04. The number of furan rings is 1. The van der Waals surface area contributed by atoms with Gasteiger partial charge in [-0.15, -0.1) is 17.9 Å². The van der Waals surface area contributed by atoms with Crippen LogP contribution in [0.1, 0.15) is 11.1 Å². The normalized spacial score (nSPS) is 12.6. The van der Waals surface area contributed by atoms with E-state index < -0.39 is 0 Å². The average molecular weight is 634 g/mol. The van der Waals surface area contributed by atoms with Crippen molar-refractivity contribution >= 4 is 59.5 Å². The summed E-state index contributed by atoms with van der Waals surface area (Å²) in [4.78, 5) is 15.2. The number of hydrogen-bond acceptors (Lipinski definition) is 5. The maximum absolute atomic E-state index is 6.90. The zero-order chi connectivity index (χ0) is 31.6. The molecule has 0 bridgehead atoms. The van der Waals surface area contributed by atoms with Crippen molar-refractivity contribution in [1.82, 2.24) is 15.0 Å². The number of hydrogen-bond donors (Lipinski definition) is 0. The van der Waals surface area contributed by atoms with Crippen LogP contribution in [-0.4, -0.2) is 15.0 Å². The van der Waals surface area contributed by atoms with Crippen LogP contribution in [0.5, 0.6) is 0 Å². The first-order chi connectivity index (χ1) is 23.8. The highest BCUT2D eigenvalue weighted by Crippen LogP contribution is 2.46. The van der Waals surface area contributed by atoms with E-state index in [0.29, 0.717) is 24.0 Å². The minimum absolute atomic E-state index is 0.600. The first-order valence-corrected chi connectivity index (χ1v) is 16.7. The van der Waals surface area contributed by atoms with Crippen molar-refractivity contribution in [2.24, 2.45) is 0 Å². The molecule has 6 aromatic carbocycles. The Morgan fingerprint density at radius 1 is 0.562 bits per heavy atom. The lowest BCUT2D eigenvalue weighted by Crippen LogP contribution is -2.00. The molecule has 0 unspecified atom stereocenters. The maximum atomic E-state index is 6.90. The molecule has 6 heteroatoms. The van der Waals surface area contributed by atoms with E-state index in [9.17, 15) is 0 Å². The molecule has 10 rings (SSSR count). The van der Waals surface area contributed by atoms with Crippen LogP contribution in [0, 0.1) is 0 Å². The lowest BCUT2D eigenvalue weighted by atomic mass is 9.94. The topological polar surface area (TPSA) is 65.9 Å². The van der Waals surface area contributed by atoms with Gasteiger partial charge >= 0.3 is 0 Å². The fraction of sp³-hybridized carbons (Fsp3) is 0.0238. The van der Waals surface area contributed by atoms with Crippen LogP contribution in [0.25, 0.3) is 98.8 Å². The van der Waals surface area contributed by atoms with E-state index in [2.05, 4.69) is 78.1 Å². The van der Waals surface area contributed by atoms with Gasteiger partial charge in [-0.2, -0.15) is 6.20 Å². The van der Waals surface area contributed by atoms with Gasteiger partial charge in [0.15, 0.2) is 17.5 Å². The van der Waals surface area contributed by atoms with Crippen molar-refractivity contribution in [3.05, 3.63) is 150 Å². The average Bonchev–Trinajstić information content (AvgIpc) is 3.72. The van der Waals surface area contributed by atoms with E-state index >= 15 is 0 Å². The molecular formula is C42H25N4OS-. The Balaban J connectivity index is 1.30. The summed E-state index contributed by atoms with van der Waals surface area (Å²) in [7, 11) is 0. The molecule has 0 N–H and O–H groups in total. The number of fused-ring (bicyclic) bond motifs is 7. The van der Waals surface area contributed by atoms with Crippen molar-refractivity contribution in [2.75, 3.05) is 0 Å². The van der Waals surface area contributed by atoms with E-state index in [1.807, 2.05) is 78.2 Å². The standard InChI is InChI=1S/C42H25N4OS/c1-3-10-25(11-4-1)40-44-41(26-12-5-2-6-13-26)46-42(45-40)32-19-18-30(29-15-9-17-36-37(29)31-14-7-8-16-35(31)48-36)39-38(32)33-22-28-24-43-21-20-27(28)23-34(33)47-39/h1-23H,24H2/q-1. The first kappa shape index (κ1) is 27.0. The Morgan fingerprint density at radius 3 is 2.04 bits per heavy atom. The molecule has 0 saturated carbocycles. The fourth-order valence-corrected chi connectivity index (χ4v) is 8.02. The lowest BCUT2D eigenvalue weighted by Gasteiger charge is -2.22. The molecule has 5 nitrogen and oxygen atoms in total. The molecule has 4 heterocycles. The zero-order valence-electron chi connectivity index (χ0n) is 25.6. The van der Waals surface area contributed by atoms with Crippen LogP contribution >= 0.6 is 11.3 Å². The summed E-state index contributed by atoms with van der Waals surface area (Å²) in [6.07, 6.45) is 3.92. The number of thiophene rings is 1. The second kappa shape index (κ2) is 10.7. The van der Waals surface area contributed by atoms with E-state index in [4.69, 9.17) is 19.4 Å². The van der Waals surface area contributed by atoms with E-state index in [0.717, 1.165) is 55.3 Å². The highest BCUT2D eigenvalue weighted by atomic mass is 32.1. The van der Waals surface area contributed by atoms with Crippen molar-refractivity contribution in [3.63, 3.8) is 0 Å². The summed E-state index contributed by atoms with van der Waals surface area (Å²) >= 11 is 1.82. The fourth-order valence-electron chi connectivity index (χ4n) is 6.89. The molecule has 0 saturated heterocycles. The Hall–Kier alpha value is -6.11. The summed E-state index contributed by atoms with van der Waals surface area (Å²) in [6, 6.07) is 44.1. The van der Waals surface area contributed by atoms with E-state index in [-0.39, 0.29) is 0 Å². The largest absolute Gasteiger partial charge is 0.687 e. The minimum Gasteiger partial charge on any atom is -0.687 e. The molecule has 0 atom stereocenters. The number of nitrogens with zero attached hydrogens (tertiary/aromatic N) is 4. The van der Waals surface area contributed by atoms with Gasteiger partial charge < -0.3 is 9.73 Å². The van der Waals surface area contributed by atoms with Gasteiger partial charge in [0.2, 0.25) is 0 Å². The van der Waals surface area contributed by atoms with E-state index in [1.54, 1.807) is 0 Å². The van der Waals surface area contributed by atoms with E-state index in [1.165, 1.54) is 25.7 Å². The monoisotopic (exact) mass is 633 g/mol. The molecule has 0 fully saturated rings. The third-order valence-corrected chi connectivity index (χ3v) is 10.3. The summed E-state index contributed by atoms with van der Waals surface area (Å²) in [5, 5.41) is 9.04. The van der Waals surface area contributed by atoms with Gasteiger partial charge in [0.05, 0.1) is 0 Å². The lowest BCUT2D eigenvalue weighted by molar-refractivity contribution is 0.670. The number of aromatic nitrogens is 3. The Labute approximate surface area is 279 Å². The SMILES string of the molecule is C1=Cc2cc3oc4c(-c5cccc6sc7ccccc7c56)ccc(-c5nc(-c6ccccc6)nc(-c6ccccc6)n5)c4c3cc2C[N-]1. The second-order valence-electron chi connectivity index (χ2n) is 12.0. The third kappa shape index (κ3) is 4.27. The molecule has 0 spiro atoms. The van der Waals surface area contributed by atoms with Crippen molar-refractivity contribution in [1.29, 1.82) is 0 Å². The van der Waals surface area contributed by atoms with Gasteiger partial charge in [0, 0.05) is 53.2 Å². The van der Waals surface area contributed by atoms with Gasteiger partial charge in [-0.3, -0.25) is 0 Å². The smallest absolute Gasteiger partial charge is 0.164 e. The third-order valence-electron chi connectivity index (χ3n) is 9.13. The summed E-state index contributed by atoms with van der Waals surface area (Å²) < 4.78 is 9.42. The summed E-state index contributed by atoms with van der Waals surface area (Å²) in [5.41, 5.74) is 8.88. The first-order valence-electron chi connectivity index (χ1n) is 15.9. The molecule has 1 aliphatic rings. The molecular weight excluding hydrogens is 609 g/mol. The van der Waals surface area contributed by atoms with Gasteiger partial charge in [0.25, 0.3) is 0 Å². The zero-order valence-corrected chi connectivity index (χ0v) is 26.4. The molecule has 226 valence electrons. The molecule has 1 aliphatic heterocycles. The van der Waals surface area contributed by atoms with Crippen LogP contribution in [0.4, 0.5) is 0 Å². The maximum Gasteiger partial charge on any atom is 0.164 e. The summed E-state index contributed by atoms with van der Waals surface area (Å²) in [5.74, 6) is 1.85. The number of benzene rings is 6. The van der Waals surface area contributed by atoms with Crippen molar-refractivity contribution in [2.45, 2.75) is 6.54 Å². The Bertz CT molecular complexity index is 2670. The highest BCUT2D eigenvalue weighted by molar-refractivity contribution is 7.25. The van der Waals surface area contributed by atoms with Gasteiger partial charge in [0.1, 0.15) is 11.2 Å². The molecule has 0 radical (unpaired) electrons. The molecule has 48 heavy (non-hydrogen) atoms. The highest BCUT2D eigenvalue weighted by Gasteiger charge is 2.23. The number of rotatable bonds is 4. The minimum atomic E-state index is 0.600.